The minimum Gasteiger partial charge on any atom is -0.481 e. The average Bonchev–Trinajstić information content (AvgIpc) is 3.02. The maximum Gasteiger partial charge on any atom is 0.243 e. The molecule has 7 heteroatoms. The van der Waals surface area contributed by atoms with Gasteiger partial charge in [0, 0.05) is 34.5 Å². The number of methoxy groups -OCH3 is 1. The quantitative estimate of drug-likeness (QED) is 0.833. The Morgan fingerprint density at radius 1 is 1.29 bits per heavy atom. The summed E-state index contributed by atoms with van der Waals surface area (Å²) in [5.41, 5.74) is 0. The molecule has 5 nitrogen and oxygen atoms in total. The van der Waals surface area contributed by atoms with E-state index >= 15 is 0 Å². The third-order valence-corrected chi connectivity index (χ3v) is 6.21. The fourth-order valence-corrected chi connectivity index (χ4v) is 5.06. The highest BCUT2D eigenvalue weighted by atomic mass is 79.9. The maximum absolute atomic E-state index is 12.8. The first kappa shape index (κ1) is 14.7. The fraction of sp³-hybridized carbons (Fsp3) is 0.357. The molecule has 3 rings (SSSR count). The van der Waals surface area contributed by atoms with Crippen LogP contribution in [0.15, 0.2) is 33.8 Å². The molecule has 0 radical (unpaired) electrons. The van der Waals surface area contributed by atoms with Crippen LogP contribution in [0.3, 0.4) is 0 Å². The van der Waals surface area contributed by atoms with Crippen LogP contribution in [0.4, 0.5) is 0 Å². The molecule has 0 bridgehead atoms. The second-order valence-corrected chi connectivity index (χ2v) is 7.67. The zero-order valence-electron chi connectivity index (χ0n) is 11.5. The van der Waals surface area contributed by atoms with Crippen molar-refractivity contribution in [3.8, 4) is 5.88 Å². The van der Waals surface area contributed by atoms with E-state index in [0.717, 1.165) is 12.8 Å². The summed E-state index contributed by atoms with van der Waals surface area (Å²) in [6, 6.07) is 5.18. The van der Waals surface area contributed by atoms with Gasteiger partial charge in [-0.1, -0.05) is 6.07 Å². The number of aromatic nitrogens is 1. The van der Waals surface area contributed by atoms with Gasteiger partial charge in [0.2, 0.25) is 15.9 Å². The van der Waals surface area contributed by atoms with Crippen molar-refractivity contribution in [3.63, 3.8) is 0 Å². The molecule has 1 aliphatic heterocycles. The SMILES string of the molecule is COc1ncc(Br)c2c(S(=O)(=O)N3CCCC3)cccc12. The van der Waals surface area contributed by atoms with E-state index in [2.05, 4.69) is 20.9 Å². The Labute approximate surface area is 132 Å². The van der Waals surface area contributed by atoms with Crippen molar-refractivity contribution in [3.05, 3.63) is 28.9 Å². The van der Waals surface area contributed by atoms with E-state index in [-0.39, 0.29) is 0 Å². The van der Waals surface area contributed by atoms with E-state index in [1.54, 1.807) is 22.6 Å². The first-order valence-corrected chi connectivity index (χ1v) is 8.90. The molecule has 0 atom stereocenters. The van der Waals surface area contributed by atoms with Gasteiger partial charge in [-0.05, 0) is 40.9 Å². The van der Waals surface area contributed by atoms with Crippen LogP contribution in [0.5, 0.6) is 5.88 Å². The molecule has 112 valence electrons. The summed E-state index contributed by atoms with van der Waals surface area (Å²) >= 11 is 3.41. The molecule has 1 fully saturated rings. The number of hydrogen-bond acceptors (Lipinski definition) is 4. The molecule has 21 heavy (non-hydrogen) atoms. The zero-order chi connectivity index (χ0) is 15.0. The van der Waals surface area contributed by atoms with E-state index in [9.17, 15) is 8.42 Å². The van der Waals surface area contributed by atoms with Crippen LogP contribution in [0, 0.1) is 0 Å². The van der Waals surface area contributed by atoms with Crippen molar-refractivity contribution in [1.82, 2.24) is 9.29 Å². The van der Waals surface area contributed by atoms with Crippen LogP contribution in [0.1, 0.15) is 12.8 Å². The Morgan fingerprint density at radius 3 is 2.67 bits per heavy atom. The molecule has 0 aliphatic carbocycles. The van der Waals surface area contributed by atoms with Crippen molar-refractivity contribution in [1.29, 1.82) is 0 Å². The average molecular weight is 371 g/mol. The van der Waals surface area contributed by atoms with Gasteiger partial charge in [0.1, 0.15) is 0 Å². The summed E-state index contributed by atoms with van der Waals surface area (Å²) in [5, 5.41) is 1.31. The van der Waals surface area contributed by atoms with Crippen LogP contribution in [0.2, 0.25) is 0 Å². The molecule has 2 aromatic rings. The monoisotopic (exact) mass is 370 g/mol. The number of ether oxygens (including phenoxy) is 1. The minimum atomic E-state index is -3.49. The number of nitrogens with zero attached hydrogens (tertiary/aromatic N) is 2. The smallest absolute Gasteiger partial charge is 0.243 e. The van der Waals surface area contributed by atoms with E-state index in [0.29, 0.717) is 39.1 Å². The molecule has 0 amide bonds. The number of hydrogen-bond donors (Lipinski definition) is 0. The highest BCUT2D eigenvalue weighted by Crippen LogP contribution is 2.35. The van der Waals surface area contributed by atoms with E-state index in [1.165, 1.54) is 7.11 Å². The molecule has 1 aromatic carbocycles. The fourth-order valence-electron chi connectivity index (χ4n) is 2.65. The van der Waals surface area contributed by atoms with Gasteiger partial charge < -0.3 is 4.74 Å². The summed E-state index contributed by atoms with van der Waals surface area (Å²) in [6.07, 6.45) is 3.40. The van der Waals surface area contributed by atoms with Gasteiger partial charge in [0.05, 0.1) is 12.0 Å². The highest BCUT2D eigenvalue weighted by Gasteiger charge is 2.29. The van der Waals surface area contributed by atoms with Gasteiger partial charge in [-0.15, -0.1) is 0 Å². The molecule has 1 aromatic heterocycles. The molecular weight excluding hydrogens is 356 g/mol. The predicted molar refractivity (Wildman–Crippen MR) is 84.0 cm³/mol. The molecular formula is C14H15BrN2O3S. The Kier molecular flexibility index (Phi) is 3.90. The van der Waals surface area contributed by atoms with Gasteiger partial charge >= 0.3 is 0 Å². The number of sulfonamides is 1. The Morgan fingerprint density at radius 2 is 2.00 bits per heavy atom. The lowest BCUT2D eigenvalue weighted by atomic mass is 10.2. The zero-order valence-corrected chi connectivity index (χ0v) is 13.9. The number of rotatable bonds is 3. The van der Waals surface area contributed by atoms with Crippen LogP contribution < -0.4 is 4.74 Å². The summed E-state index contributed by atoms with van der Waals surface area (Å²) in [6.45, 7) is 1.16. The first-order valence-electron chi connectivity index (χ1n) is 6.67. The van der Waals surface area contributed by atoms with E-state index < -0.39 is 10.0 Å². The van der Waals surface area contributed by atoms with Crippen molar-refractivity contribution < 1.29 is 13.2 Å². The molecule has 1 saturated heterocycles. The third-order valence-electron chi connectivity index (χ3n) is 3.67. The van der Waals surface area contributed by atoms with Crippen LogP contribution in [-0.4, -0.2) is 37.9 Å². The third kappa shape index (κ3) is 2.43. The van der Waals surface area contributed by atoms with Gasteiger partial charge in [-0.25, -0.2) is 13.4 Å². The van der Waals surface area contributed by atoms with Crippen LogP contribution in [0.25, 0.3) is 10.8 Å². The molecule has 0 N–H and O–H groups in total. The lowest BCUT2D eigenvalue weighted by Crippen LogP contribution is -2.28. The normalized spacial score (nSPS) is 16.5. The molecule has 2 heterocycles. The van der Waals surface area contributed by atoms with Crippen molar-refractivity contribution in [2.75, 3.05) is 20.2 Å². The van der Waals surface area contributed by atoms with Crippen molar-refractivity contribution in [2.24, 2.45) is 0 Å². The first-order chi connectivity index (χ1) is 10.1. The number of benzene rings is 1. The Hall–Kier alpha value is -1.18. The predicted octanol–water partition coefficient (Wildman–Crippen LogP) is 2.79. The van der Waals surface area contributed by atoms with E-state index in [4.69, 9.17) is 4.74 Å². The molecule has 0 unspecified atom stereocenters. The number of fused-ring (bicyclic) bond motifs is 1. The molecule has 0 spiro atoms. The summed E-state index contributed by atoms with van der Waals surface area (Å²) in [7, 11) is -1.97. The standard InChI is InChI=1S/C14H15BrN2O3S/c1-20-14-10-5-4-6-12(13(10)11(15)9-16-14)21(18,19)17-7-2-3-8-17/h4-6,9H,2-3,7-8H2,1H3. The Bertz CT molecular complexity index is 786. The maximum atomic E-state index is 12.8. The number of halogens is 1. The van der Waals surface area contributed by atoms with E-state index in [1.807, 2.05) is 6.07 Å². The van der Waals surface area contributed by atoms with Crippen molar-refractivity contribution in [2.45, 2.75) is 17.7 Å². The van der Waals surface area contributed by atoms with Gasteiger partial charge in [0.15, 0.2) is 0 Å². The number of pyridine rings is 1. The van der Waals surface area contributed by atoms with Gasteiger partial charge in [-0.2, -0.15) is 4.31 Å². The summed E-state index contributed by atoms with van der Waals surface area (Å²) < 4.78 is 33.1. The molecule has 0 saturated carbocycles. The Balaban J connectivity index is 2.28. The largest absolute Gasteiger partial charge is 0.481 e. The van der Waals surface area contributed by atoms with Crippen LogP contribution >= 0.6 is 15.9 Å². The second kappa shape index (κ2) is 5.55. The lowest BCUT2D eigenvalue weighted by molar-refractivity contribution is 0.403. The topological polar surface area (TPSA) is 59.5 Å². The lowest BCUT2D eigenvalue weighted by Gasteiger charge is -2.18. The second-order valence-electron chi connectivity index (χ2n) is 4.91. The van der Waals surface area contributed by atoms with Crippen LogP contribution in [-0.2, 0) is 10.0 Å². The summed E-state index contributed by atoms with van der Waals surface area (Å²) in [4.78, 5) is 4.47. The van der Waals surface area contributed by atoms with Gasteiger partial charge in [0.25, 0.3) is 0 Å². The summed E-state index contributed by atoms with van der Waals surface area (Å²) in [5.74, 6) is 0.423. The highest BCUT2D eigenvalue weighted by molar-refractivity contribution is 9.10. The van der Waals surface area contributed by atoms with Gasteiger partial charge in [-0.3, -0.25) is 0 Å². The minimum absolute atomic E-state index is 0.300. The molecule has 1 aliphatic rings. The van der Waals surface area contributed by atoms with Crippen molar-refractivity contribution >= 4 is 36.7 Å².